The Balaban J connectivity index is 1.78. The molecule has 118 valence electrons. The van der Waals surface area contributed by atoms with Crippen molar-refractivity contribution in [1.29, 1.82) is 0 Å². The second-order valence-corrected chi connectivity index (χ2v) is 8.20. The van der Waals surface area contributed by atoms with Gasteiger partial charge in [0.15, 0.2) is 0 Å². The first kappa shape index (κ1) is 14.7. The van der Waals surface area contributed by atoms with Gasteiger partial charge in [-0.25, -0.2) is 8.42 Å². The molecule has 1 aromatic heterocycles. The first-order valence-corrected chi connectivity index (χ1v) is 9.62. The summed E-state index contributed by atoms with van der Waals surface area (Å²) in [7, 11) is -3.74. The van der Waals surface area contributed by atoms with Gasteiger partial charge in [0.2, 0.25) is 15.1 Å². The zero-order chi connectivity index (χ0) is 16.0. The third-order valence-corrected chi connectivity index (χ3v) is 6.37. The molecule has 5 nitrogen and oxygen atoms in total. The molecule has 1 aliphatic heterocycles. The Morgan fingerprint density at radius 1 is 1.09 bits per heavy atom. The van der Waals surface area contributed by atoms with E-state index in [1.807, 2.05) is 24.3 Å². The van der Waals surface area contributed by atoms with Gasteiger partial charge >= 0.3 is 0 Å². The van der Waals surface area contributed by atoms with Crippen LogP contribution in [0.15, 0.2) is 51.8 Å². The summed E-state index contributed by atoms with van der Waals surface area (Å²) in [5.41, 5.74) is 1.35. The molecule has 0 aliphatic carbocycles. The smallest absolute Gasteiger partial charge is 0.241 e. The Hall–Kier alpha value is -1.83. The van der Waals surface area contributed by atoms with Crippen LogP contribution in [0, 0.1) is 0 Å². The van der Waals surface area contributed by atoms with Gasteiger partial charge in [-0.2, -0.15) is 4.72 Å². The number of rotatable bonds is 3. The van der Waals surface area contributed by atoms with E-state index in [2.05, 4.69) is 4.72 Å². The van der Waals surface area contributed by atoms with Crippen LogP contribution in [0.2, 0.25) is 0 Å². The normalized spacial score (nSPS) is 19.0. The van der Waals surface area contributed by atoms with Gasteiger partial charge in [0.05, 0.1) is 10.9 Å². The average Bonchev–Trinajstić information content (AvgIpc) is 3.10. The molecule has 1 aliphatic rings. The van der Waals surface area contributed by atoms with Crippen molar-refractivity contribution in [1.82, 2.24) is 4.72 Å². The van der Waals surface area contributed by atoms with E-state index in [1.54, 1.807) is 12.1 Å². The molecule has 4 rings (SSSR count). The van der Waals surface area contributed by atoms with Gasteiger partial charge in [0, 0.05) is 16.5 Å². The summed E-state index contributed by atoms with van der Waals surface area (Å²) in [6, 6.07) is 11.6. The first-order chi connectivity index (χ1) is 11.0. The SMILES string of the molecule is O=C1SCCC1NS(=O)(=O)c1ccc2oc3ccccc3c2c1. The average molecular weight is 347 g/mol. The number of fused-ring (bicyclic) bond motifs is 3. The topological polar surface area (TPSA) is 76.4 Å². The standard InChI is InChI=1S/C16H13NO4S2/c18-16-13(7-8-22-16)17-23(19,20)10-5-6-15-12(9-10)11-3-1-2-4-14(11)21-15/h1-6,9,13,17H,7-8H2. The fraction of sp³-hybridized carbons (Fsp3) is 0.188. The molecule has 1 N–H and O–H groups in total. The molecule has 0 radical (unpaired) electrons. The van der Waals surface area contributed by atoms with E-state index in [4.69, 9.17) is 4.42 Å². The van der Waals surface area contributed by atoms with Gasteiger partial charge in [0.1, 0.15) is 11.2 Å². The molecule has 0 bridgehead atoms. The molecule has 7 heteroatoms. The Labute approximate surface area is 137 Å². The Bertz CT molecular complexity index is 1020. The summed E-state index contributed by atoms with van der Waals surface area (Å²) < 4.78 is 33.3. The maximum atomic E-state index is 12.5. The number of benzene rings is 2. The number of sulfonamides is 1. The van der Waals surface area contributed by atoms with Crippen molar-refractivity contribution >= 4 is 48.8 Å². The van der Waals surface area contributed by atoms with Gasteiger partial charge in [-0.15, -0.1) is 0 Å². The highest BCUT2D eigenvalue weighted by atomic mass is 32.2. The largest absolute Gasteiger partial charge is 0.456 e. The molecule has 3 aromatic rings. The van der Waals surface area contributed by atoms with E-state index in [0.717, 1.165) is 10.8 Å². The maximum Gasteiger partial charge on any atom is 0.241 e. The zero-order valence-electron chi connectivity index (χ0n) is 12.0. The quantitative estimate of drug-likeness (QED) is 0.788. The number of carbonyl (C=O) groups is 1. The fourth-order valence-corrected chi connectivity index (χ4v) is 4.99. The van der Waals surface area contributed by atoms with Gasteiger partial charge in [-0.05, 0) is 30.7 Å². The van der Waals surface area contributed by atoms with Crippen molar-refractivity contribution in [3.05, 3.63) is 42.5 Å². The van der Waals surface area contributed by atoms with Crippen LogP contribution in [0.1, 0.15) is 6.42 Å². The van der Waals surface area contributed by atoms with Crippen molar-refractivity contribution < 1.29 is 17.6 Å². The van der Waals surface area contributed by atoms with Crippen molar-refractivity contribution in [2.24, 2.45) is 0 Å². The van der Waals surface area contributed by atoms with E-state index in [9.17, 15) is 13.2 Å². The van der Waals surface area contributed by atoms with E-state index < -0.39 is 16.1 Å². The van der Waals surface area contributed by atoms with E-state index in [-0.39, 0.29) is 10.0 Å². The van der Waals surface area contributed by atoms with Gasteiger partial charge in [-0.3, -0.25) is 4.79 Å². The highest BCUT2D eigenvalue weighted by Gasteiger charge is 2.30. The molecular formula is C16H13NO4S2. The molecule has 2 heterocycles. The molecule has 2 aromatic carbocycles. The molecule has 0 amide bonds. The second kappa shape index (κ2) is 5.36. The van der Waals surface area contributed by atoms with Crippen molar-refractivity contribution in [3.63, 3.8) is 0 Å². The van der Waals surface area contributed by atoms with E-state index in [0.29, 0.717) is 23.3 Å². The molecule has 23 heavy (non-hydrogen) atoms. The third-order valence-electron chi connectivity index (χ3n) is 3.89. The number of thioether (sulfide) groups is 1. The number of hydrogen-bond donors (Lipinski definition) is 1. The minimum Gasteiger partial charge on any atom is -0.456 e. The maximum absolute atomic E-state index is 12.5. The summed E-state index contributed by atoms with van der Waals surface area (Å²) >= 11 is 1.17. The van der Waals surface area contributed by atoms with Crippen LogP contribution in [0.4, 0.5) is 0 Å². The molecule has 1 fully saturated rings. The summed E-state index contributed by atoms with van der Waals surface area (Å²) in [4.78, 5) is 11.8. The number of carbonyl (C=O) groups excluding carboxylic acids is 1. The predicted molar refractivity (Wildman–Crippen MR) is 89.9 cm³/mol. The van der Waals surface area contributed by atoms with Crippen LogP contribution in [0.3, 0.4) is 0 Å². The lowest BCUT2D eigenvalue weighted by molar-refractivity contribution is -0.111. The number of furan rings is 1. The Morgan fingerprint density at radius 2 is 1.87 bits per heavy atom. The van der Waals surface area contributed by atoms with Gasteiger partial charge in [0.25, 0.3) is 0 Å². The zero-order valence-corrected chi connectivity index (χ0v) is 13.6. The number of hydrogen-bond acceptors (Lipinski definition) is 5. The lowest BCUT2D eigenvalue weighted by Crippen LogP contribution is -2.37. The van der Waals surface area contributed by atoms with E-state index in [1.165, 1.54) is 17.8 Å². The van der Waals surface area contributed by atoms with Crippen LogP contribution >= 0.6 is 11.8 Å². The molecule has 0 saturated carbocycles. The van der Waals surface area contributed by atoms with Gasteiger partial charge < -0.3 is 4.42 Å². The van der Waals surface area contributed by atoms with Crippen LogP contribution in [-0.4, -0.2) is 25.3 Å². The minimum absolute atomic E-state index is 0.122. The number of nitrogens with one attached hydrogen (secondary N) is 1. The molecule has 1 unspecified atom stereocenters. The predicted octanol–water partition coefficient (Wildman–Crippen LogP) is 2.90. The Kier molecular flexibility index (Phi) is 3.44. The summed E-state index contributed by atoms with van der Waals surface area (Å²) in [6.07, 6.45) is 0.527. The highest BCUT2D eigenvalue weighted by Crippen LogP contribution is 2.30. The molecule has 0 spiro atoms. The lowest BCUT2D eigenvalue weighted by Gasteiger charge is -2.10. The van der Waals surface area contributed by atoms with Crippen molar-refractivity contribution in [3.8, 4) is 0 Å². The molecule has 1 saturated heterocycles. The summed E-state index contributed by atoms with van der Waals surface area (Å²) in [5.74, 6) is 0.650. The van der Waals surface area contributed by atoms with Crippen molar-refractivity contribution in [2.45, 2.75) is 17.4 Å². The van der Waals surface area contributed by atoms with Crippen LogP contribution in [0.25, 0.3) is 21.9 Å². The monoisotopic (exact) mass is 347 g/mol. The lowest BCUT2D eigenvalue weighted by atomic mass is 10.1. The van der Waals surface area contributed by atoms with Gasteiger partial charge in [-0.1, -0.05) is 30.0 Å². The first-order valence-electron chi connectivity index (χ1n) is 7.15. The third kappa shape index (κ3) is 2.54. The van der Waals surface area contributed by atoms with Crippen molar-refractivity contribution in [2.75, 3.05) is 5.75 Å². The number of para-hydroxylation sites is 1. The molecule has 1 atom stereocenters. The highest BCUT2D eigenvalue weighted by molar-refractivity contribution is 8.14. The van der Waals surface area contributed by atoms with E-state index >= 15 is 0 Å². The minimum atomic E-state index is -3.74. The summed E-state index contributed by atoms with van der Waals surface area (Å²) in [5, 5.41) is 1.49. The Morgan fingerprint density at radius 3 is 2.65 bits per heavy atom. The molecular weight excluding hydrogens is 334 g/mol. The van der Waals surface area contributed by atoms with Crippen LogP contribution < -0.4 is 4.72 Å². The van der Waals surface area contributed by atoms with Crippen LogP contribution in [0.5, 0.6) is 0 Å². The summed E-state index contributed by atoms with van der Waals surface area (Å²) in [6.45, 7) is 0. The fourth-order valence-electron chi connectivity index (χ4n) is 2.73. The van der Waals surface area contributed by atoms with Crippen LogP contribution in [-0.2, 0) is 14.8 Å². The second-order valence-electron chi connectivity index (χ2n) is 5.39.